The first-order chi connectivity index (χ1) is 8.20. The predicted octanol–water partition coefficient (Wildman–Crippen LogP) is 2.25. The Bertz CT molecular complexity index is 402. The summed E-state index contributed by atoms with van der Waals surface area (Å²) in [4.78, 5) is 12.4. The number of rotatable bonds is 4. The van der Waals surface area contributed by atoms with Crippen molar-refractivity contribution in [1.82, 2.24) is 0 Å². The van der Waals surface area contributed by atoms with Crippen LogP contribution in [0.2, 0.25) is 0 Å². The zero-order valence-electron chi connectivity index (χ0n) is 9.86. The Hall–Kier alpha value is -1.42. The van der Waals surface area contributed by atoms with E-state index in [1.165, 1.54) is 6.07 Å². The van der Waals surface area contributed by atoms with Gasteiger partial charge in [-0.2, -0.15) is 0 Å². The van der Waals surface area contributed by atoms with Crippen molar-refractivity contribution in [2.75, 3.05) is 25.1 Å². The number of hydrogen-bond acceptors (Lipinski definition) is 3. The van der Waals surface area contributed by atoms with Gasteiger partial charge >= 0.3 is 0 Å². The maximum atomic E-state index is 13.7. The quantitative estimate of drug-likeness (QED) is 0.752. The highest BCUT2D eigenvalue weighted by molar-refractivity contribution is 5.75. The molecular formula is C13H16FNO2. The van der Waals surface area contributed by atoms with E-state index in [1.54, 1.807) is 12.1 Å². The molecule has 1 saturated heterocycles. The van der Waals surface area contributed by atoms with Crippen LogP contribution in [0.1, 0.15) is 23.2 Å². The van der Waals surface area contributed by atoms with Crippen molar-refractivity contribution in [2.45, 2.75) is 18.9 Å². The predicted molar refractivity (Wildman–Crippen MR) is 64.0 cm³/mol. The van der Waals surface area contributed by atoms with Gasteiger partial charge in [0.1, 0.15) is 12.1 Å². The molecule has 17 heavy (non-hydrogen) atoms. The van der Waals surface area contributed by atoms with Crippen LogP contribution in [0, 0.1) is 5.82 Å². The second-order valence-electron chi connectivity index (χ2n) is 4.34. The highest BCUT2D eigenvalue weighted by Gasteiger charge is 2.19. The third-order valence-corrected chi connectivity index (χ3v) is 3.02. The van der Waals surface area contributed by atoms with Crippen LogP contribution >= 0.6 is 0 Å². The maximum Gasteiger partial charge on any atom is 0.150 e. The molecule has 1 aliphatic rings. The molecule has 1 fully saturated rings. The van der Waals surface area contributed by atoms with Gasteiger partial charge in [0.15, 0.2) is 0 Å². The van der Waals surface area contributed by atoms with Crippen molar-refractivity contribution >= 4 is 12.0 Å². The van der Waals surface area contributed by atoms with E-state index in [0.29, 0.717) is 24.1 Å². The number of carbonyl (C=O) groups excluding carboxylic acids is 1. The van der Waals surface area contributed by atoms with E-state index in [2.05, 4.69) is 0 Å². The van der Waals surface area contributed by atoms with Crippen LogP contribution < -0.4 is 4.90 Å². The summed E-state index contributed by atoms with van der Waals surface area (Å²) in [7, 11) is 1.83. The second kappa shape index (κ2) is 5.27. The first-order valence-electron chi connectivity index (χ1n) is 5.78. The number of nitrogens with zero attached hydrogens (tertiary/aromatic N) is 1. The van der Waals surface area contributed by atoms with E-state index in [4.69, 9.17) is 4.74 Å². The van der Waals surface area contributed by atoms with Crippen LogP contribution in [0.15, 0.2) is 18.2 Å². The van der Waals surface area contributed by atoms with E-state index in [1.807, 2.05) is 11.9 Å². The van der Waals surface area contributed by atoms with Crippen molar-refractivity contribution in [3.8, 4) is 0 Å². The molecule has 1 aromatic carbocycles. The van der Waals surface area contributed by atoms with Crippen LogP contribution in [-0.2, 0) is 4.74 Å². The van der Waals surface area contributed by atoms with Crippen LogP contribution in [0.3, 0.4) is 0 Å². The average Bonchev–Trinajstić information content (AvgIpc) is 2.81. The molecule has 0 amide bonds. The minimum Gasteiger partial charge on any atom is -0.376 e. The molecule has 0 aromatic heterocycles. The summed E-state index contributed by atoms with van der Waals surface area (Å²) in [5.74, 6) is -0.366. The Morgan fingerprint density at radius 3 is 3.00 bits per heavy atom. The van der Waals surface area contributed by atoms with Crippen molar-refractivity contribution in [3.63, 3.8) is 0 Å². The topological polar surface area (TPSA) is 29.5 Å². The third kappa shape index (κ3) is 2.82. The van der Waals surface area contributed by atoms with Crippen LogP contribution in [0.4, 0.5) is 10.1 Å². The van der Waals surface area contributed by atoms with Crippen LogP contribution in [0.25, 0.3) is 0 Å². The number of aldehydes is 1. The first kappa shape index (κ1) is 12.0. The standard InChI is InChI=1S/C13H16FNO2/c1-15(8-11-3-2-6-17-11)13-5-4-10(9-16)7-12(13)14/h4-5,7,9,11H,2-3,6,8H2,1H3. The lowest BCUT2D eigenvalue weighted by Crippen LogP contribution is -2.29. The van der Waals surface area contributed by atoms with Gasteiger partial charge in [0, 0.05) is 25.8 Å². The number of ether oxygens (including phenoxy) is 1. The zero-order chi connectivity index (χ0) is 12.3. The third-order valence-electron chi connectivity index (χ3n) is 3.02. The Morgan fingerprint density at radius 2 is 2.41 bits per heavy atom. The molecular weight excluding hydrogens is 221 g/mol. The number of hydrogen-bond donors (Lipinski definition) is 0. The van der Waals surface area contributed by atoms with E-state index in [0.717, 1.165) is 19.4 Å². The number of anilines is 1. The average molecular weight is 237 g/mol. The molecule has 0 saturated carbocycles. The lowest BCUT2D eigenvalue weighted by molar-refractivity contribution is 0.112. The summed E-state index contributed by atoms with van der Waals surface area (Å²) in [5.41, 5.74) is 0.864. The summed E-state index contributed by atoms with van der Waals surface area (Å²) in [6.07, 6.45) is 2.93. The molecule has 92 valence electrons. The minimum atomic E-state index is -0.366. The number of halogens is 1. The number of carbonyl (C=O) groups is 1. The summed E-state index contributed by atoms with van der Waals surface area (Å²) in [6.45, 7) is 1.47. The number of benzene rings is 1. The molecule has 4 heteroatoms. The molecule has 1 atom stereocenters. The van der Waals surface area contributed by atoms with Gasteiger partial charge in [0.25, 0.3) is 0 Å². The Morgan fingerprint density at radius 1 is 1.59 bits per heavy atom. The lowest BCUT2D eigenvalue weighted by atomic mass is 10.2. The van der Waals surface area contributed by atoms with Gasteiger partial charge in [0.05, 0.1) is 11.8 Å². The Labute approximate surface area is 100 Å². The smallest absolute Gasteiger partial charge is 0.150 e. The van der Waals surface area contributed by atoms with Gasteiger partial charge < -0.3 is 9.64 Å². The van der Waals surface area contributed by atoms with E-state index in [9.17, 15) is 9.18 Å². The maximum absolute atomic E-state index is 13.7. The molecule has 1 aromatic rings. The molecule has 0 bridgehead atoms. The largest absolute Gasteiger partial charge is 0.376 e. The van der Waals surface area contributed by atoms with Gasteiger partial charge in [-0.15, -0.1) is 0 Å². The van der Waals surface area contributed by atoms with Crippen molar-refractivity contribution in [1.29, 1.82) is 0 Å². The van der Waals surface area contributed by atoms with E-state index >= 15 is 0 Å². The highest BCUT2D eigenvalue weighted by atomic mass is 19.1. The van der Waals surface area contributed by atoms with Gasteiger partial charge in [-0.05, 0) is 31.0 Å². The van der Waals surface area contributed by atoms with Gasteiger partial charge in [-0.1, -0.05) is 0 Å². The monoisotopic (exact) mass is 237 g/mol. The molecule has 1 aliphatic heterocycles. The van der Waals surface area contributed by atoms with E-state index in [-0.39, 0.29) is 11.9 Å². The molecule has 2 rings (SSSR count). The highest BCUT2D eigenvalue weighted by Crippen LogP contribution is 2.21. The summed E-state index contributed by atoms with van der Waals surface area (Å²) in [5, 5.41) is 0. The number of likely N-dealkylation sites (N-methyl/N-ethyl adjacent to an activating group) is 1. The Balaban J connectivity index is 2.07. The van der Waals surface area contributed by atoms with Gasteiger partial charge in [-0.25, -0.2) is 4.39 Å². The minimum absolute atomic E-state index is 0.185. The molecule has 0 N–H and O–H groups in total. The molecule has 0 aliphatic carbocycles. The zero-order valence-corrected chi connectivity index (χ0v) is 9.86. The Kier molecular flexibility index (Phi) is 3.74. The molecule has 1 heterocycles. The fraction of sp³-hybridized carbons (Fsp3) is 0.462. The van der Waals surface area contributed by atoms with E-state index < -0.39 is 0 Å². The normalized spacial score (nSPS) is 19.3. The lowest BCUT2D eigenvalue weighted by Gasteiger charge is -2.23. The van der Waals surface area contributed by atoms with Crippen LogP contribution in [0.5, 0.6) is 0 Å². The van der Waals surface area contributed by atoms with Gasteiger partial charge in [-0.3, -0.25) is 4.79 Å². The van der Waals surface area contributed by atoms with Crippen molar-refractivity contribution in [2.24, 2.45) is 0 Å². The van der Waals surface area contributed by atoms with Crippen LogP contribution in [-0.4, -0.2) is 32.6 Å². The fourth-order valence-electron chi connectivity index (χ4n) is 2.10. The SMILES string of the molecule is CN(CC1CCCO1)c1ccc(C=O)cc1F. The van der Waals surface area contributed by atoms with Crippen molar-refractivity contribution in [3.05, 3.63) is 29.6 Å². The molecule has 0 radical (unpaired) electrons. The molecule has 1 unspecified atom stereocenters. The summed E-state index contributed by atoms with van der Waals surface area (Å²) < 4.78 is 19.2. The van der Waals surface area contributed by atoms with Crippen molar-refractivity contribution < 1.29 is 13.9 Å². The van der Waals surface area contributed by atoms with Gasteiger partial charge in [0.2, 0.25) is 0 Å². The fourth-order valence-corrected chi connectivity index (χ4v) is 2.10. The molecule has 3 nitrogen and oxygen atoms in total. The molecule has 0 spiro atoms. The first-order valence-corrected chi connectivity index (χ1v) is 5.78. The summed E-state index contributed by atoms with van der Waals surface area (Å²) in [6, 6.07) is 4.51. The summed E-state index contributed by atoms with van der Waals surface area (Å²) >= 11 is 0. The second-order valence-corrected chi connectivity index (χ2v) is 4.34.